The van der Waals surface area contributed by atoms with E-state index in [1.165, 1.54) is 23.7 Å². The molecule has 0 bridgehead atoms. The zero-order valence-electron chi connectivity index (χ0n) is 7.45. The second kappa shape index (κ2) is 3.25. The van der Waals surface area contributed by atoms with Crippen LogP contribution in [0.2, 0.25) is 0 Å². The van der Waals surface area contributed by atoms with Crippen LogP contribution in [0.15, 0.2) is 29.4 Å². The average Bonchev–Trinajstić information content (AvgIpc) is 2.84. The highest BCUT2D eigenvalue weighted by Gasteiger charge is 2.09. The Balaban J connectivity index is 2.22. The summed E-state index contributed by atoms with van der Waals surface area (Å²) in [5.41, 5.74) is 3.37. The van der Waals surface area contributed by atoms with Gasteiger partial charge in [-0.15, -0.1) is 22.7 Å². The smallest absolute Gasteiger partial charge is 0.207 e. The fourth-order valence-electron chi connectivity index (χ4n) is 1.29. The summed E-state index contributed by atoms with van der Waals surface area (Å²) in [6.07, 6.45) is 2.95. The van der Waals surface area contributed by atoms with Crippen molar-refractivity contribution < 1.29 is 4.73 Å². The monoisotopic (exact) mass is 235 g/mol. The number of thiazole rings is 2. The standard InChI is InChI=1S/C9H5N3OS2/c13-12-2-1-8-6(3-12)11-9(15-8)7-4-14-5-10-7/h1-5H. The molecule has 0 atom stereocenters. The van der Waals surface area contributed by atoms with Gasteiger partial charge < -0.3 is 5.21 Å². The molecule has 0 aromatic carbocycles. The van der Waals surface area contributed by atoms with Gasteiger partial charge in [0.05, 0.1) is 10.2 Å². The van der Waals surface area contributed by atoms with Crippen molar-refractivity contribution in [2.24, 2.45) is 0 Å². The molecule has 0 saturated carbocycles. The van der Waals surface area contributed by atoms with Crippen LogP contribution in [0, 0.1) is 5.21 Å². The van der Waals surface area contributed by atoms with Gasteiger partial charge in [-0.2, -0.15) is 4.73 Å². The van der Waals surface area contributed by atoms with Crippen LogP contribution in [0.4, 0.5) is 0 Å². The molecule has 3 aromatic rings. The Morgan fingerprint density at radius 1 is 1.40 bits per heavy atom. The molecule has 3 aromatic heterocycles. The molecule has 0 aliphatic rings. The van der Waals surface area contributed by atoms with Crippen LogP contribution < -0.4 is 4.73 Å². The summed E-state index contributed by atoms with van der Waals surface area (Å²) in [5, 5.41) is 13.9. The first-order chi connectivity index (χ1) is 7.33. The predicted molar refractivity (Wildman–Crippen MR) is 59.7 cm³/mol. The molecule has 3 rings (SSSR count). The molecule has 0 fully saturated rings. The van der Waals surface area contributed by atoms with Crippen LogP contribution in [0.5, 0.6) is 0 Å². The number of aromatic nitrogens is 3. The Hall–Kier alpha value is -1.53. The van der Waals surface area contributed by atoms with Gasteiger partial charge in [0.25, 0.3) is 0 Å². The van der Waals surface area contributed by atoms with Gasteiger partial charge in [-0.25, -0.2) is 9.97 Å². The number of fused-ring (bicyclic) bond motifs is 1. The minimum Gasteiger partial charge on any atom is -0.619 e. The van der Waals surface area contributed by atoms with Crippen LogP contribution >= 0.6 is 22.7 Å². The van der Waals surface area contributed by atoms with Crippen molar-refractivity contribution in [2.45, 2.75) is 0 Å². The van der Waals surface area contributed by atoms with E-state index in [1.54, 1.807) is 22.9 Å². The van der Waals surface area contributed by atoms with Crippen LogP contribution in [-0.4, -0.2) is 9.97 Å². The van der Waals surface area contributed by atoms with Crippen molar-refractivity contribution in [3.05, 3.63) is 34.6 Å². The molecule has 0 spiro atoms. The largest absolute Gasteiger partial charge is 0.619 e. The molecule has 4 nitrogen and oxygen atoms in total. The number of hydrogen-bond donors (Lipinski definition) is 0. The Bertz CT molecular complexity index is 603. The van der Waals surface area contributed by atoms with E-state index < -0.39 is 0 Å². The maximum atomic E-state index is 11.0. The quantitative estimate of drug-likeness (QED) is 0.479. The molecule has 0 amide bonds. The third kappa shape index (κ3) is 1.47. The second-order valence-corrected chi connectivity index (χ2v) is 4.70. The molecular weight excluding hydrogens is 230 g/mol. The van der Waals surface area contributed by atoms with Gasteiger partial charge in [0.15, 0.2) is 6.20 Å². The molecule has 74 valence electrons. The lowest BCUT2D eigenvalue weighted by Gasteiger charge is -1.91. The molecule has 3 heterocycles. The summed E-state index contributed by atoms with van der Waals surface area (Å²) in [4.78, 5) is 8.54. The van der Waals surface area contributed by atoms with Crippen molar-refractivity contribution in [1.82, 2.24) is 9.97 Å². The van der Waals surface area contributed by atoms with Crippen molar-refractivity contribution in [3.8, 4) is 10.7 Å². The van der Waals surface area contributed by atoms with Crippen LogP contribution in [0.3, 0.4) is 0 Å². The third-order valence-corrected chi connectivity index (χ3v) is 3.60. The Kier molecular flexibility index (Phi) is 1.90. The van der Waals surface area contributed by atoms with E-state index in [9.17, 15) is 5.21 Å². The van der Waals surface area contributed by atoms with Gasteiger partial charge in [0.2, 0.25) is 6.20 Å². The maximum absolute atomic E-state index is 11.0. The fraction of sp³-hybridized carbons (Fsp3) is 0. The molecule has 15 heavy (non-hydrogen) atoms. The van der Waals surface area contributed by atoms with Crippen molar-refractivity contribution >= 4 is 32.9 Å². The highest BCUT2D eigenvalue weighted by molar-refractivity contribution is 7.21. The van der Waals surface area contributed by atoms with Crippen molar-refractivity contribution in [2.75, 3.05) is 0 Å². The molecule has 0 N–H and O–H groups in total. The van der Waals surface area contributed by atoms with E-state index in [1.807, 2.05) is 5.38 Å². The van der Waals surface area contributed by atoms with Gasteiger partial charge in [-0.3, -0.25) is 0 Å². The van der Waals surface area contributed by atoms with Crippen LogP contribution in [-0.2, 0) is 0 Å². The zero-order valence-corrected chi connectivity index (χ0v) is 9.09. The highest BCUT2D eigenvalue weighted by atomic mass is 32.1. The maximum Gasteiger partial charge on any atom is 0.207 e. The first kappa shape index (κ1) is 8.75. The minimum atomic E-state index is 0.723. The van der Waals surface area contributed by atoms with E-state index >= 15 is 0 Å². The lowest BCUT2D eigenvalue weighted by molar-refractivity contribution is -0.603. The molecule has 0 unspecified atom stereocenters. The predicted octanol–water partition coefficient (Wildman–Crippen LogP) is 2.05. The van der Waals surface area contributed by atoms with Gasteiger partial charge in [-0.05, 0) is 0 Å². The Morgan fingerprint density at radius 3 is 3.13 bits per heavy atom. The normalized spacial score (nSPS) is 10.9. The molecule has 0 aliphatic carbocycles. The van der Waals surface area contributed by atoms with Crippen molar-refractivity contribution in [1.29, 1.82) is 0 Å². The first-order valence-corrected chi connectivity index (χ1v) is 5.97. The fourth-order valence-corrected chi connectivity index (χ4v) is 2.80. The number of nitrogens with zero attached hydrogens (tertiary/aromatic N) is 3. The van der Waals surface area contributed by atoms with Crippen LogP contribution in [0.25, 0.3) is 20.9 Å². The van der Waals surface area contributed by atoms with Gasteiger partial charge in [0.1, 0.15) is 16.2 Å². The summed E-state index contributed by atoms with van der Waals surface area (Å²) in [5.74, 6) is 0. The minimum absolute atomic E-state index is 0.723. The van der Waals surface area contributed by atoms with Gasteiger partial charge >= 0.3 is 0 Å². The first-order valence-electron chi connectivity index (χ1n) is 4.21. The van der Waals surface area contributed by atoms with E-state index in [2.05, 4.69) is 9.97 Å². The van der Waals surface area contributed by atoms with E-state index in [0.29, 0.717) is 0 Å². The molecule has 0 saturated heterocycles. The van der Waals surface area contributed by atoms with E-state index in [-0.39, 0.29) is 0 Å². The molecule has 0 aliphatic heterocycles. The topological polar surface area (TPSA) is 52.7 Å². The second-order valence-electron chi connectivity index (χ2n) is 2.95. The SMILES string of the molecule is [O-][n+]1ccc2sc(-c3cscn3)nc2c1. The zero-order chi connectivity index (χ0) is 10.3. The highest BCUT2D eigenvalue weighted by Crippen LogP contribution is 2.28. The Morgan fingerprint density at radius 2 is 2.33 bits per heavy atom. The van der Waals surface area contributed by atoms with Gasteiger partial charge in [-0.1, -0.05) is 0 Å². The lowest BCUT2D eigenvalue weighted by Crippen LogP contribution is -2.23. The van der Waals surface area contributed by atoms with Crippen LogP contribution in [0.1, 0.15) is 0 Å². The third-order valence-electron chi connectivity index (χ3n) is 1.95. The number of rotatable bonds is 1. The van der Waals surface area contributed by atoms with E-state index in [4.69, 9.17) is 0 Å². The molecular formula is C9H5N3OS2. The molecule has 6 heteroatoms. The average molecular weight is 235 g/mol. The van der Waals surface area contributed by atoms with Crippen molar-refractivity contribution in [3.63, 3.8) is 0 Å². The van der Waals surface area contributed by atoms with E-state index in [0.717, 1.165) is 25.6 Å². The summed E-state index contributed by atoms with van der Waals surface area (Å²) in [7, 11) is 0. The molecule has 0 radical (unpaired) electrons. The number of hydrogen-bond acceptors (Lipinski definition) is 5. The Labute approximate surface area is 93.1 Å². The van der Waals surface area contributed by atoms with Gasteiger partial charge in [0, 0.05) is 11.4 Å². The number of pyridine rings is 1. The summed E-state index contributed by atoms with van der Waals surface area (Å²) in [6, 6.07) is 1.77. The summed E-state index contributed by atoms with van der Waals surface area (Å²) >= 11 is 3.08. The summed E-state index contributed by atoms with van der Waals surface area (Å²) < 4.78 is 1.76. The summed E-state index contributed by atoms with van der Waals surface area (Å²) in [6.45, 7) is 0. The lowest BCUT2D eigenvalue weighted by atomic mass is 10.4.